The van der Waals surface area contributed by atoms with Gasteiger partial charge in [-0.15, -0.1) is 0 Å². The molecule has 0 aliphatic rings. The van der Waals surface area contributed by atoms with Crippen LogP contribution in [0, 0.1) is 0 Å². The van der Waals surface area contributed by atoms with Crippen LogP contribution in [0.25, 0.3) is 0 Å². The van der Waals surface area contributed by atoms with E-state index in [0.29, 0.717) is 6.42 Å². The summed E-state index contributed by atoms with van der Waals surface area (Å²) in [5.74, 6) is 0. The zero-order valence-corrected chi connectivity index (χ0v) is 5.52. The summed E-state index contributed by atoms with van der Waals surface area (Å²) in [4.78, 5) is 0. The molecule has 2 heteroatoms. The van der Waals surface area contributed by atoms with Crippen LogP contribution in [-0.2, 0) is 0 Å². The fourth-order valence-electron chi connectivity index (χ4n) is 0.438. The van der Waals surface area contributed by atoms with Gasteiger partial charge in [0.05, 0.1) is 6.67 Å². The second-order valence-electron chi connectivity index (χ2n) is 1.78. The lowest BCUT2D eigenvalue weighted by atomic mass is 10.4. The minimum atomic E-state index is -0.210. The zero-order valence-electron chi connectivity index (χ0n) is 5.52. The molecule has 8 heavy (non-hydrogen) atoms. The summed E-state index contributed by atoms with van der Waals surface area (Å²) < 4.78 is 13.4. The van der Waals surface area contributed by atoms with Crippen LogP contribution < -0.4 is 0 Å². The number of halogens is 1. The van der Waals surface area contributed by atoms with E-state index in [2.05, 4.69) is 0 Å². The third-order valence-electron chi connectivity index (χ3n) is 1.09. The van der Waals surface area contributed by atoms with Crippen LogP contribution in [0.4, 0.5) is 4.39 Å². The molecule has 48 valence electrons. The molecule has 0 spiro atoms. The van der Waals surface area contributed by atoms with Crippen LogP contribution >= 0.6 is 0 Å². The fraction of sp³-hybridized carbons (Fsp3) is 0.833. The van der Waals surface area contributed by atoms with Crippen LogP contribution in [0.1, 0.15) is 13.3 Å². The molecule has 0 aromatic heterocycles. The molecule has 0 aromatic carbocycles. The highest BCUT2D eigenvalue weighted by Crippen LogP contribution is 1.78. The smallest absolute Gasteiger partial charge is 0.144 e. The van der Waals surface area contributed by atoms with Crippen LogP contribution in [0.15, 0.2) is 0 Å². The standard InChI is InChI=1S/C6H13FN/c1-3-8(2)6-4-5-7/h3H,4-6H2,1-2H3/q+1/b8-3-. The highest BCUT2D eigenvalue weighted by Gasteiger charge is 1.90. The van der Waals surface area contributed by atoms with E-state index >= 15 is 0 Å². The first-order chi connectivity index (χ1) is 3.81. The summed E-state index contributed by atoms with van der Waals surface area (Å²) in [5.41, 5.74) is 0. The van der Waals surface area contributed by atoms with E-state index < -0.39 is 0 Å². The number of rotatable bonds is 3. The van der Waals surface area contributed by atoms with Gasteiger partial charge >= 0.3 is 0 Å². The van der Waals surface area contributed by atoms with E-state index in [1.807, 2.05) is 24.8 Å². The second-order valence-corrected chi connectivity index (χ2v) is 1.78. The van der Waals surface area contributed by atoms with Crippen molar-refractivity contribution in [2.45, 2.75) is 13.3 Å². The molecule has 0 aromatic rings. The van der Waals surface area contributed by atoms with Crippen molar-refractivity contribution >= 4 is 6.21 Å². The van der Waals surface area contributed by atoms with Crippen molar-refractivity contribution in [1.29, 1.82) is 0 Å². The van der Waals surface area contributed by atoms with Gasteiger partial charge in [0.1, 0.15) is 19.8 Å². The summed E-state index contributed by atoms with van der Waals surface area (Å²) in [6, 6.07) is 0. The topological polar surface area (TPSA) is 3.01 Å². The molecule has 0 aliphatic heterocycles. The zero-order chi connectivity index (χ0) is 6.41. The normalized spacial score (nSPS) is 12.1. The summed E-state index contributed by atoms with van der Waals surface area (Å²) in [5, 5.41) is 0. The Hall–Kier alpha value is -0.400. The van der Waals surface area contributed by atoms with Crippen molar-refractivity contribution in [2.75, 3.05) is 20.3 Å². The molecule has 0 radical (unpaired) electrons. The van der Waals surface area contributed by atoms with E-state index in [-0.39, 0.29) is 6.67 Å². The number of alkyl halides is 1. The first kappa shape index (κ1) is 7.60. The monoisotopic (exact) mass is 118 g/mol. The fourth-order valence-corrected chi connectivity index (χ4v) is 0.438. The van der Waals surface area contributed by atoms with Gasteiger partial charge in [0.2, 0.25) is 0 Å². The highest BCUT2D eigenvalue weighted by atomic mass is 19.1. The third kappa shape index (κ3) is 3.78. The van der Waals surface area contributed by atoms with Crippen molar-refractivity contribution in [3.63, 3.8) is 0 Å². The average molecular weight is 118 g/mol. The van der Waals surface area contributed by atoms with Crippen molar-refractivity contribution in [1.82, 2.24) is 0 Å². The maximum absolute atomic E-state index is 11.4. The number of hydrogen-bond acceptors (Lipinski definition) is 0. The summed E-state index contributed by atoms with van der Waals surface area (Å²) in [6.45, 7) is 2.56. The van der Waals surface area contributed by atoms with E-state index in [0.717, 1.165) is 6.54 Å². The Morgan fingerprint density at radius 3 is 2.62 bits per heavy atom. The van der Waals surface area contributed by atoms with Gasteiger partial charge < -0.3 is 0 Å². The molecule has 1 nitrogen and oxygen atoms in total. The minimum absolute atomic E-state index is 0.210. The van der Waals surface area contributed by atoms with Crippen LogP contribution in [0.2, 0.25) is 0 Å². The molecular formula is C6H13FN+. The van der Waals surface area contributed by atoms with Crippen molar-refractivity contribution in [3.8, 4) is 0 Å². The van der Waals surface area contributed by atoms with Crippen molar-refractivity contribution in [2.24, 2.45) is 0 Å². The molecule has 0 aliphatic carbocycles. The Balaban J connectivity index is 3.12. The van der Waals surface area contributed by atoms with E-state index in [9.17, 15) is 4.39 Å². The van der Waals surface area contributed by atoms with Gasteiger partial charge in [-0.05, 0) is 0 Å². The average Bonchev–Trinajstić information content (AvgIpc) is 1.83. The van der Waals surface area contributed by atoms with Gasteiger partial charge in [0.15, 0.2) is 0 Å². The molecule has 0 unspecified atom stereocenters. The quantitative estimate of drug-likeness (QED) is 0.385. The summed E-state index contributed by atoms with van der Waals surface area (Å²) >= 11 is 0. The number of hydrogen-bond donors (Lipinski definition) is 0. The van der Waals surface area contributed by atoms with E-state index in [1.54, 1.807) is 0 Å². The van der Waals surface area contributed by atoms with Crippen molar-refractivity contribution in [3.05, 3.63) is 0 Å². The van der Waals surface area contributed by atoms with Gasteiger partial charge in [0, 0.05) is 13.3 Å². The summed E-state index contributed by atoms with van der Waals surface area (Å²) in [7, 11) is 1.94. The Labute approximate surface area is 49.8 Å². The molecule has 0 N–H and O–H groups in total. The Kier molecular flexibility index (Phi) is 4.51. The molecule has 0 amide bonds. The van der Waals surface area contributed by atoms with Gasteiger partial charge in [-0.1, -0.05) is 0 Å². The summed E-state index contributed by atoms with van der Waals surface area (Å²) in [6.07, 6.45) is 2.58. The number of nitrogens with zero attached hydrogens (tertiary/aromatic N) is 1. The lowest BCUT2D eigenvalue weighted by molar-refractivity contribution is -0.493. The van der Waals surface area contributed by atoms with Gasteiger partial charge in [-0.25, -0.2) is 4.58 Å². The molecule has 0 atom stereocenters. The molecule has 0 bridgehead atoms. The molecule has 0 fully saturated rings. The Morgan fingerprint density at radius 1 is 1.62 bits per heavy atom. The predicted octanol–water partition coefficient (Wildman–Crippen LogP) is 1.08. The van der Waals surface area contributed by atoms with Crippen LogP contribution in [0.5, 0.6) is 0 Å². The molecule has 0 heterocycles. The maximum Gasteiger partial charge on any atom is 0.144 e. The SMILES string of the molecule is C/C=[N+](/C)CCCF. The third-order valence-corrected chi connectivity index (χ3v) is 1.09. The Morgan fingerprint density at radius 2 is 2.25 bits per heavy atom. The lowest BCUT2D eigenvalue weighted by Gasteiger charge is -1.89. The molecular weight excluding hydrogens is 105 g/mol. The lowest BCUT2D eigenvalue weighted by Crippen LogP contribution is -2.07. The first-order valence-electron chi connectivity index (χ1n) is 2.87. The van der Waals surface area contributed by atoms with E-state index in [4.69, 9.17) is 0 Å². The Bertz CT molecular complexity index is 78.6. The molecule has 0 saturated carbocycles. The second kappa shape index (κ2) is 4.75. The van der Waals surface area contributed by atoms with Crippen LogP contribution in [-0.4, -0.2) is 31.1 Å². The van der Waals surface area contributed by atoms with Gasteiger partial charge in [-0.3, -0.25) is 4.39 Å². The highest BCUT2D eigenvalue weighted by molar-refractivity contribution is 5.46. The van der Waals surface area contributed by atoms with E-state index in [1.165, 1.54) is 0 Å². The molecule has 0 saturated heterocycles. The first-order valence-corrected chi connectivity index (χ1v) is 2.87. The van der Waals surface area contributed by atoms with Gasteiger partial charge in [-0.2, -0.15) is 0 Å². The predicted molar refractivity (Wildman–Crippen MR) is 33.4 cm³/mol. The van der Waals surface area contributed by atoms with Crippen LogP contribution in [0.3, 0.4) is 0 Å². The minimum Gasteiger partial charge on any atom is -0.251 e. The van der Waals surface area contributed by atoms with Crippen molar-refractivity contribution < 1.29 is 8.97 Å². The largest absolute Gasteiger partial charge is 0.251 e. The van der Waals surface area contributed by atoms with Gasteiger partial charge in [0.25, 0.3) is 0 Å². The maximum atomic E-state index is 11.4. The molecule has 0 rings (SSSR count).